The van der Waals surface area contributed by atoms with E-state index in [0.717, 1.165) is 11.3 Å². The molecule has 0 spiro atoms. The molecule has 1 aromatic carbocycles. The minimum Gasteiger partial charge on any atom is -0.352 e. The number of carbonyl (C=O) groups is 1. The summed E-state index contributed by atoms with van der Waals surface area (Å²) in [6, 6.07) is 5.13. The summed E-state index contributed by atoms with van der Waals surface area (Å²) >= 11 is 11.9. The van der Waals surface area contributed by atoms with Gasteiger partial charge in [0, 0.05) is 16.7 Å². The predicted molar refractivity (Wildman–Crippen MR) is 78.6 cm³/mol. The molecule has 17 heavy (non-hydrogen) atoms. The van der Waals surface area contributed by atoms with E-state index in [1.165, 1.54) is 0 Å². The summed E-state index contributed by atoms with van der Waals surface area (Å²) in [5, 5.41) is 3.86. The molecule has 0 saturated heterocycles. The van der Waals surface area contributed by atoms with Crippen LogP contribution in [0, 0.1) is 0 Å². The van der Waals surface area contributed by atoms with Crippen LogP contribution in [0.15, 0.2) is 23.1 Å². The summed E-state index contributed by atoms with van der Waals surface area (Å²) in [5.41, 5.74) is 0.482. The molecule has 0 radical (unpaired) electrons. The van der Waals surface area contributed by atoms with E-state index in [0.29, 0.717) is 22.4 Å². The van der Waals surface area contributed by atoms with Crippen molar-refractivity contribution in [2.24, 2.45) is 0 Å². The lowest BCUT2D eigenvalue weighted by Gasteiger charge is -2.10. The highest BCUT2D eigenvalue weighted by atomic mass is 35.5. The van der Waals surface area contributed by atoms with E-state index in [2.05, 4.69) is 31.1 Å². The normalized spacial score (nSPS) is 12.2. The molecule has 5 heteroatoms. The summed E-state index contributed by atoms with van der Waals surface area (Å²) in [7, 11) is 0. The first-order chi connectivity index (χ1) is 8.04. The molecular formula is C12H16ClNOS2. The summed E-state index contributed by atoms with van der Waals surface area (Å²) in [5.74, 6) is -0.140. The molecule has 1 N–H and O–H groups in total. The zero-order chi connectivity index (χ0) is 12.8. The zero-order valence-electron chi connectivity index (χ0n) is 9.87. The second-order valence-electron chi connectivity index (χ2n) is 3.76. The monoisotopic (exact) mass is 289 g/mol. The van der Waals surface area contributed by atoms with Gasteiger partial charge in [0.25, 0.3) is 5.91 Å². The molecule has 0 aliphatic rings. The van der Waals surface area contributed by atoms with Crippen molar-refractivity contribution in [3.05, 3.63) is 28.8 Å². The van der Waals surface area contributed by atoms with Gasteiger partial charge in [0.2, 0.25) is 0 Å². The number of nitrogens with one attached hydrogen (secondary N) is 1. The second kappa shape index (κ2) is 7.19. The molecule has 1 unspecified atom stereocenters. The predicted octanol–water partition coefficient (Wildman–Crippen LogP) is 3.50. The Morgan fingerprint density at radius 3 is 2.94 bits per heavy atom. The van der Waals surface area contributed by atoms with Crippen molar-refractivity contribution in [3.63, 3.8) is 0 Å². The molecule has 2 nitrogen and oxygen atoms in total. The first-order valence-corrected chi connectivity index (χ1v) is 7.45. The number of benzene rings is 1. The summed E-state index contributed by atoms with van der Waals surface area (Å²) in [6.45, 7) is 2.80. The molecule has 0 aliphatic heterocycles. The van der Waals surface area contributed by atoms with Crippen LogP contribution < -0.4 is 5.32 Å². The summed E-state index contributed by atoms with van der Waals surface area (Å²) in [4.78, 5) is 12.6. The fourth-order valence-electron chi connectivity index (χ4n) is 1.29. The van der Waals surface area contributed by atoms with Crippen molar-refractivity contribution in [1.29, 1.82) is 0 Å². The van der Waals surface area contributed by atoms with E-state index in [1.54, 1.807) is 30.0 Å². The van der Waals surface area contributed by atoms with Crippen LogP contribution in [0.5, 0.6) is 0 Å². The van der Waals surface area contributed by atoms with E-state index >= 15 is 0 Å². The number of halogens is 1. The molecule has 1 amide bonds. The lowest BCUT2D eigenvalue weighted by Crippen LogP contribution is -2.26. The third-order valence-corrected chi connectivity index (χ3v) is 4.08. The standard InChI is InChI=1S/C12H16ClNOS2/c1-8(17-2)5-6-14-12(15)10-7-9(16)3-4-11(10)13/h3-4,7-8,16H,5-6H2,1-2H3,(H,14,15). The highest BCUT2D eigenvalue weighted by Crippen LogP contribution is 2.19. The number of amides is 1. The summed E-state index contributed by atoms with van der Waals surface area (Å²) in [6.07, 6.45) is 3.01. The number of hydrogen-bond donors (Lipinski definition) is 2. The molecular weight excluding hydrogens is 274 g/mol. The fourth-order valence-corrected chi connectivity index (χ4v) is 2.05. The molecule has 0 aromatic heterocycles. The molecule has 0 fully saturated rings. The van der Waals surface area contributed by atoms with Gasteiger partial charge in [-0.25, -0.2) is 0 Å². The van der Waals surface area contributed by atoms with E-state index in [-0.39, 0.29) is 5.91 Å². The Hall–Kier alpha value is -0.320. The quantitative estimate of drug-likeness (QED) is 0.813. The van der Waals surface area contributed by atoms with Gasteiger partial charge in [0.1, 0.15) is 0 Å². The largest absolute Gasteiger partial charge is 0.352 e. The summed E-state index contributed by atoms with van der Waals surface area (Å²) < 4.78 is 0. The highest BCUT2D eigenvalue weighted by Gasteiger charge is 2.10. The number of thiol groups is 1. The van der Waals surface area contributed by atoms with Crippen molar-refractivity contribution in [3.8, 4) is 0 Å². The van der Waals surface area contributed by atoms with Crippen LogP contribution in [0.25, 0.3) is 0 Å². The van der Waals surface area contributed by atoms with Gasteiger partial charge in [-0.1, -0.05) is 18.5 Å². The zero-order valence-corrected chi connectivity index (χ0v) is 12.3. The average molecular weight is 290 g/mol. The Morgan fingerprint density at radius 1 is 1.59 bits per heavy atom. The Morgan fingerprint density at radius 2 is 2.29 bits per heavy atom. The van der Waals surface area contributed by atoms with Crippen LogP contribution in [0.1, 0.15) is 23.7 Å². The van der Waals surface area contributed by atoms with Gasteiger partial charge in [0.05, 0.1) is 10.6 Å². The van der Waals surface area contributed by atoms with E-state index < -0.39 is 0 Å². The van der Waals surface area contributed by atoms with Gasteiger partial charge in [0.15, 0.2) is 0 Å². The van der Waals surface area contributed by atoms with Gasteiger partial charge in [-0.3, -0.25) is 4.79 Å². The van der Waals surface area contributed by atoms with Crippen LogP contribution >= 0.6 is 36.0 Å². The van der Waals surface area contributed by atoms with Gasteiger partial charge in [-0.05, 0) is 30.9 Å². The third-order valence-electron chi connectivity index (χ3n) is 2.43. The third kappa shape index (κ3) is 4.82. The van der Waals surface area contributed by atoms with Crippen molar-refractivity contribution in [2.45, 2.75) is 23.5 Å². The Kier molecular flexibility index (Phi) is 6.23. The molecule has 0 bridgehead atoms. The number of rotatable bonds is 5. The van der Waals surface area contributed by atoms with Gasteiger partial charge < -0.3 is 5.32 Å². The molecule has 0 heterocycles. The van der Waals surface area contributed by atoms with Crippen LogP contribution in [0.4, 0.5) is 0 Å². The van der Waals surface area contributed by atoms with Crippen molar-refractivity contribution < 1.29 is 4.79 Å². The first kappa shape index (κ1) is 14.7. The van der Waals surface area contributed by atoms with Crippen LogP contribution in [-0.4, -0.2) is 24.0 Å². The van der Waals surface area contributed by atoms with Crippen LogP contribution in [0.3, 0.4) is 0 Å². The second-order valence-corrected chi connectivity index (χ2v) is 5.95. The van der Waals surface area contributed by atoms with Crippen molar-refractivity contribution in [1.82, 2.24) is 5.32 Å². The molecule has 94 valence electrons. The maximum absolute atomic E-state index is 11.9. The number of carbonyl (C=O) groups excluding carboxylic acids is 1. The molecule has 1 aromatic rings. The van der Waals surface area contributed by atoms with Gasteiger partial charge >= 0.3 is 0 Å². The van der Waals surface area contributed by atoms with E-state index in [4.69, 9.17) is 11.6 Å². The lowest BCUT2D eigenvalue weighted by atomic mass is 10.2. The lowest BCUT2D eigenvalue weighted by molar-refractivity contribution is 0.0953. The number of hydrogen-bond acceptors (Lipinski definition) is 3. The minimum atomic E-state index is -0.140. The van der Waals surface area contributed by atoms with Crippen molar-refractivity contribution >= 4 is 41.9 Å². The first-order valence-electron chi connectivity index (χ1n) is 5.34. The Balaban J connectivity index is 2.55. The van der Waals surface area contributed by atoms with Crippen LogP contribution in [0.2, 0.25) is 5.02 Å². The molecule has 0 aliphatic carbocycles. The average Bonchev–Trinajstić information content (AvgIpc) is 2.31. The van der Waals surface area contributed by atoms with Crippen molar-refractivity contribution in [2.75, 3.05) is 12.8 Å². The van der Waals surface area contributed by atoms with E-state index in [9.17, 15) is 4.79 Å². The maximum atomic E-state index is 11.9. The SMILES string of the molecule is CSC(C)CCNC(=O)c1cc(S)ccc1Cl. The Bertz CT molecular complexity index is 398. The topological polar surface area (TPSA) is 29.1 Å². The van der Waals surface area contributed by atoms with Gasteiger partial charge in [-0.2, -0.15) is 11.8 Å². The van der Waals surface area contributed by atoms with E-state index in [1.807, 2.05) is 0 Å². The Labute approximate surface area is 117 Å². The van der Waals surface area contributed by atoms with Crippen LogP contribution in [-0.2, 0) is 0 Å². The maximum Gasteiger partial charge on any atom is 0.252 e. The smallest absolute Gasteiger partial charge is 0.252 e. The number of thioether (sulfide) groups is 1. The molecule has 1 atom stereocenters. The minimum absolute atomic E-state index is 0.140. The molecule has 0 saturated carbocycles. The highest BCUT2D eigenvalue weighted by molar-refractivity contribution is 7.99. The fraction of sp³-hybridized carbons (Fsp3) is 0.417. The molecule has 1 rings (SSSR count). The van der Waals surface area contributed by atoms with Gasteiger partial charge in [-0.15, -0.1) is 12.6 Å².